The molecule has 1 aromatic carbocycles. The summed E-state index contributed by atoms with van der Waals surface area (Å²) in [5.41, 5.74) is 2.03. The Morgan fingerprint density at radius 3 is 2.68 bits per heavy atom. The van der Waals surface area contributed by atoms with Crippen molar-refractivity contribution in [3.8, 4) is 0 Å². The zero-order chi connectivity index (χ0) is 15.9. The van der Waals surface area contributed by atoms with E-state index in [2.05, 4.69) is 20.6 Å². The van der Waals surface area contributed by atoms with E-state index in [0.29, 0.717) is 18.4 Å². The van der Waals surface area contributed by atoms with Crippen LogP contribution < -0.4 is 10.6 Å². The van der Waals surface area contributed by atoms with E-state index in [1.54, 1.807) is 7.05 Å². The fraction of sp³-hybridized carbons (Fsp3) is 0.375. The second-order valence-corrected chi connectivity index (χ2v) is 5.35. The van der Waals surface area contributed by atoms with E-state index >= 15 is 0 Å². The number of benzene rings is 1. The highest BCUT2D eigenvalue weighted by Crippen LogP contribution is 2.14. The van der Waals surface area contributed by atoms with Crippen LogP contribution in [0.4, 0.5) is 0 Å². The van der Waals surface area contributed by atoms with Crippen molar-refractivity contribution in [2.45, 2.75) is 26.8 Å². The van der Waals surface area contributed by atoms with Gasteiger partial charge in [-0.15, -0.1) is 0 Å². The van der Waals surface area contributed by atoms with E-state index in [0.717, 1.165) is 35.0 Å². The lowest BCUT2D eigenvalue weighted by molar-refractivity contribution is 0.464. The second kappa shape index (κ2) is 7.84. The maximum absolute atomic E-state index is 6.14. The van der Waals surface area contributed by atoms with Crippen molar-refractivity contribution in [1.82, 2.24) is 15.6 Å². The summed E-state index contributed by atoms with van der Waals surface area (Å²) < 4.78 is 5.52. The van der Waals surface area contributed by atoms with Crippen molar-refractivity contribution in [3.63, 3.8) is 0 Å². The number of aryl methyl sites for hydroxylation is 2. The molecule has 6 heteroatoms. The minimum Gasteiger partial charge on any atom is -0.444 e. The average molecular weight is 321 g/mol. The molecule has 0 aliphatic rings. The third kappa shape index (κ3) is 4.49. The summed E-state index contributed by atoms with van der Waals surface area (Å²) in [7, 11) is 1.73. The molecule has 0 spiro atoms. The molecular weight excluding hydrogens is 300 g/mol. The smallest absolute Gasteiger partial charge is 0.214 e. The molecule has 5 nitrogen and oxygen atoms in total. The topological polar surface area (TPSA) is 62.5 Å². The van der Waals surface area contributed by atoms with E-state index in [1.807, 2.05) is 38.1 Å². The maximum atomic E-state index is 6.14. The third-order valence-corrected chi connectivity index (χ3v) is 3.72. The van der Waals surface area contributed by atoms with Gasteiger partial charge in [-0.3, -0.25) is 4.99 Å². The van der Waals surface area contributed by atoms with Gasteiger partial charge in [-0.05, 0) is 31.9 Å². The third-order valence-electron chi connectivity index (χ3n) is 3.35. The molecule has 0 unspecified atom stereocenters. The van der Waals surface area contributed by atoms with Crippen LogP contribution in [-0.2, 0) is 13.0 Å². The Bertz CT molecular complexity index is 632. The molecule has 2 rings (SSSR count). The summed E-state index contributed by atoms with van der Waals surface area (Å²) in [6.45, 7) is 5.08. The Morgan fingerprint density at radius 1 is 1.27 bits per heavy atom. The first-order chi connectivity index (χ1) is 10.6. The molecule has 0 fully saturated rings. The predicted molar refractivity (Wildman–Crippen MR) is 89.3 cm³/mol. The highest BCUT2D eigenvalue weighted by atomic mass is 35.5. The summed E-state index contributed by atoms with van der Waals surface area (Å²) in [5, 5.41) is 7.21. The normalized spacial score (nSPS) is 11.5. The Morgan fingerprint density at radius 2 is 2.05 bits per heavy atom. The zero-order valence-corrected chi connectivity index (χ0v) is 13.9. The molecule has 0 saturated carbocycles. The lowest BCUT2D eigenvalue weighted by Gasteiger charge is -2.11. The summed E-state index contributed by atoms with van der Waals surface area (Å²) in [6.07, 6.45) is 0.831. The minimum atomic E-state index is 0.500. The van der Waals surface area contributed by atoms with Crippen LogP contribution in [0.5, 0.6) is 0 Å². The molecule has 1 aromatic heterocycles. The van der Waals surface area contributed by atoms with E-state index in [9.17, 15) is 0 Å². The van der Waals surface area contributed by atoms with Crippen LogP contribution in [0.1, 0.15) is 22.9 Å². The van der Waals surface area contributed by atoms with Gasteiger partial charge in [0.05, 0.1) is 12.2 Å². The molecule has 0 atom stereocenters. The Hall–Kier alpha value is -2.01. The fourth-order valence-corrected chi connectivity index (χ4v) is 2.24. The van der Waals surface area contributed by atoms with Gasteiger partial charge < -0.3 is 15.1 Å². The van der Waals surface area contributed by atoms with Crippen LogP contribution in [0.3, 0.4) is 0 Å². The highest BCUT2D eigenvalue weighted by Gasteiger charge is 2.06. The average Bonchev–Trinajstić information content (AvgIpc) is 2.83. The number of aliphatic imine (C=N–C) groups is 1. The highest BCUT2D eigenvalue weighted by molar-refractivity contribution is 6.31. The first-order valence-electron chi connectivity index (χ1n) is 7.21. The van der Waals surface area contributed by atoms with Gasteiger partial charge in [0.15, 0.2) is 5.96 Å². The predicted octanol–water partition coefficient (Wildman–Crippen LogP) is 2.85. The molecule has 118 valence electrons. The van der Waals surface area contributed by atoms with Crippen molar-refractivity contribution in [2.24, 2.45) is 4.99 Å². The van der Waals surface area contributed by atoms with E-state index < -0.39 is 0 Å². The molecule has 0 saturated heterocycles. The van der Waals surface area contributed by atoms with Gasteiger partial charge >= 0.3 is 0 Å². The van der Waals surface area contributed by atoms with Gasteiger partial charge in [0, 0.05) is 18.6 Å². The molecular formula is C16H21ClN4O. The SMILES string of the molecule is CN=C(NCCc1ccccc1Cl)NCc1nc(C)c(C)o1. The quantitative estimate of drug-likeness (QED) is 0.657. The van der Waals surface area contributed by atoms with E-state index in [-0.39, 0.29) is 0 Å². The van der Waals surface area contributed by atoms with Crippen molar-refractivity contribution in [3.05, 3.63) is 52.2 Å². The first kappa shape index (κ1) is 16.4. The maximum Gasteiger partial charge on any atom is 0.214 e. The van der Waals surface area contributed by atoms with Crippen molar-refractivity contribution < 1.29 is 4.42 Å². The van der Waals surface area contributed by atoms with Crippen LogP contribution in [0, 0.1) is 13.8 Å². The fourth-order valence-electron chi connectivity index (χ4n) is 2.01. The van der Waals surface area contributed by atoms with E-state index in [4.69, 9.17) is 16.0 Å². The lowest BCUT2D eigenvalue weighted by Crippen LogP contribution is -2.37. The van der Waals surface area contributed by atoms with Gasteiger partial charge in [-0.25, -0.2) is 4.98 Å². The van der Waals surface area contributed by atoms with Gasteiger partial charge in [0.25, 0.3) is 0 Å². The summed E-state index contributed by atoms with van der Waals surface area (Å²) in [5.74, 6) is 2.21. The summed E-state index contributed by atoms with van der Waals surface area (Å²) >= 11 is 6.14. The molecule has 2 aromatic rings. The van der Waals surface area contributed by atoms with Crippen molar-refractivity contribution >= 4 is 17.6 Å². The molecule has 0 aliphatic heterocycles. The lowest BCUT2D eigenvalue weighted by atomic mass is 10.1. The molecule has 2 N–H and O–H groups in total. The van der Waals surface area contributed by atoms with Crippen LogP contribution in [-0.4, -0.2) is 24.5 Å². The summed E-state index contributed by atoms with van der Waals surface area (Å²) in [4.78, 5) is 8.50. The standard InChI is InChI=1S/C16H21ClN4O/c1-11-12(2)22-15(21-11)10-20-16(18-3)19-9-8-13-6-4-5-7-14(13)17/h4-7H,8-10H2,1-3H3,(H2,18,19,20). The number of oxazole rings is 1. The summed E-state index contributed by atoms with van der Waals surface area (Å²) in [6, 6.07) is 7.84. The Kier molecular flexibility index (Phi) is 5.83. The van der Waals surface area contributed by atoms with Crippen LogP contribution in [0.2, 0.25) is 5.02 Å². The number of nitrogens with zero attached hydrogens (tertiary/aromatic N) is 2. The zero-order valence-electron chi connectivity index (χ0n) is 13.1. The number of halogens is 1. The number of hydrogen-bond donors (Lipinski definition) is 2. The van der Waals surface area contributed by atoms with Gasteiger partial charge in [-0.2, -0.15) is 0 Å². The molecule has 0 amide bonds. The monoisotopic (exact) mass is 320 g/mol. The first-order valence-corrected chi connectivity index (χ1v) is 7.58. The largest absolute Gasteiger partial charge is 0.444 e. The van der Waals surface area contributed by atoms with E-state index in [1.165, 1.54) is 0 Å². The molecule has 1 heterocycles. The van der Waals surface area contributed by atoms with Crippen molar-refractivity contribution in [1.29, 1.82) is 0 Å². The van der Waals surface area contributed by atoms with Crippen molar-refractivity contribution in [2.75, 3.05) is 13.6 Å². The molecule has 22 heavy (non-hydrogen) atoms. The number of hydrogen-bond acceptors (Lipinski definition) is 3. The second-order valence-electron chi connectivity index (χ2n) is 4.94. The Labute approximate surface area is 135 Å². The van der Waals surface area contributed by atoms with Crippen LogP contribution >= 0.6 is 11.6 Å². The number of rotatable bonds is 5. The van der Waals surface area contributed by atoms with Gasteiger partial charge in [0.2, 0.25) is 5.89 Å². The van der Waals surface area contributed by atoms with Gasteiger partial charge in [-0.1, -0.05) is 29.8 Å². The van der Waals surface area contributed by atoms with Crippen LogP contribution in [0.15, 0.2) is 33.7 Å². The number of aromatic nitrogens is 1. The van der Waals surface area contributed by atoms with Crippen LogP contribution in [0.25, 0.3) is 0 Å². The molecule has 0 aliphatic carbocycles. The number of nitrogens with one attached hydrogen (secondary N) is 2. The molecule has 0 radical (unpaired) electrons. The molecule has 0 bridgehead atoms. The Balaban J connectivity index is 1.79. The van der Waals surface area contributed by atoms with Gasteiger partial charge in [0.1, 0.15) is 5.76 Å². The number of guanidine groups is 1. The minimum absolute atomic E-state index is 0.500.